The van der Waals surface area contributed by atoms with Gasteiger partial charge in [-0.25, -0.2) is 0 Å². The van der Waals surface area contributed by atoms with Crippen LogP contribution in [0, 0.1) is 23.7 Å². The van der Waals surface area contributed by atoms with E-state index in [4.69, 9.17) is 0 Å². The summed E-state index contributed by atoms with van der Waals surface area (Å²) in [7, 11) is 0.367. The average molecular weight is 412 g/mol. The Labute approximate surface area is 183 Å². The van der Waals surface area contributed by atoms with E-state index in [9.17, 15) is 0 Å². The third-order valence-corrected chi connectivity index (χ3v) is 15.0. The Kier molecular flexibility index (Phi) is 6.10. The van der Waals surface area contributed by atoms with Gasteiger partial charge in [-0.3, -0.25) is 0 Å². The first-order chi connectivity index (χ1) is 14.3. The molecule has 0 nitrogen and oxygen atoms in total. The van der Waals surface area contributed by atoms with Crippen LogP contribution in [0.1, 0.15) is 109 Å². The van der Waals surface area contributed by atoms with Crippen molar-refractivity contribution in [3.8, 4) is 0 Å². The standard InChI is InChI=1S/C27H46BP/c1(2-14-28-24-6-4-7-25(28)9-5-8-24)3-15-29(26-18-20-10-12-22(26)16-20)27-19-21-11-13-23(27)17-21/h20-27H,1-19H2/t20?,21?,22?,23?,24?,25?,26-,27?,29?/m0/s1. The van der Waals surface area contributed by atoms with Crippen LogP contribution in [0.15, 0.2) is 0 Å². The smallest absolute Gasteiger partial charge is 0.0998 e. The minimum Gasteiger partial charge on any atom is -0.0998 e. The fourth-order valence-corrected chi connectivity index (χ4v) is 14.5. The van der Waals surface area contributed by atoms with Gasteiger partial charge in [0.25, 0.3) is 0 Å². The average Bonchev–Trinajstić information content (AvgIpc) is 3.52. The lowest BCUT2D eigenvalue weighted by Gasteiger charge is -2.41. The molecule has 2 saturated heterocycles. The van der Waals surface area contributed by atoms with Gasteiger partial charge in [-0.1, -0.05) is 90.1 Å². The minimum absolute atomic E-state index is 0.367. The van der Waals surface area contributed by atoms with Crippen LogP contribution in [0.25, 0.3) is 0 Å². The predicted octanol–water partition coefficient (Wildman–Crippen LogP) is 8.62. The lowest BCUT2D eigenvalue weighted by atomic mass is 9.26. The molecule has 6 aliphatic rings. The number of rotatable bonds is 8. The van der Waals surface area contributed by atoms with Crippen LogP contribution in [0.4, 0.5) is 0 Å². The van der Waals surface area contributed by atoms with Crippen LogP contribution in [-0.4, -0.2) is 24.2 Å². The number of unbranched alkanes of at least 4 members (excludes halogenated alkanes) is 2. The van der Waals surface area contributed by atoms with E-state index < -0.39 is 0 Å². The molecule has 29 heavy (non-hydrogen) atoms. The van der Waals surface area contributed by atoms with E-state index in [1.807, 2.05) is 0 Å². The maximum absolute atomic E-state index is 1.69. The van der Waals surface area contributed by atoms with Crippen molar-refractivity contribution in [1.82, 2.24) is 0 Å². The van der Waals surface area contributed by atoms with Crippen molar-refractivity contribution in [3.63, 3.8) is 0 Å². The lowest BCUT2D eigenvalue weighted by Crippen LogP contribution is -2.34. The maximum Gasteiger partial charge on any atom is 0.146 e. The second-order valence-corrected chi connectivity index (χ2v) is 15.4. The topological polar surface area (TPSA) is 0 Å². The summed E-state index contributed by atoms with van der Waals surface area (Å²) in [6, 6.07) is 0. The highest BCUT2D eigenvalue weighted by molar-refractivity contribution is 7.59. The first-order valence-corrected chi connectivity index (χ1v) is 15.8. The van der Waals surface area contributed by atoms with Crippen molar-refractivity contribution >= 4 is 14.6 Å². The summed E-state index contributed by atoms with van der Waals surface area (Å²) in [6.45, 7) is 1.15. The molecular formula is C27H46BP. The minimum atomic E-state index is 0.367. The van der Waals surface area contributed by atoms with Gasteiger partial charge in [0.15, 0.2) is 0 Å². The molecule has 7 atom stereocenters. The van der Waals surface area contributed by atoms with Gasteiger partial charge in [-0.2, -0.15) is 0 Å². The molecule has 0 aromatic carbocycles. The molecule has 2 heteroatoms. The molecular weight excluding hydrogens is 366 g/mol. The number of fused-ring (bicyclic) bond motifs is 6. The Hall–Kier alpha value is 0.495. The second kappa shape index (κ2) is 8.79. The largest absolute Gasteiger partial charge is 0.146 e. The molecule has 0 radical (unpaired) electrons. The molecule has 6 unspecified atom stereocenters. The van der Waals surface area contributed by atoms with Gasteiger partial charge < -0.3 is 0 Å². The van der Waals surface area contributed by atoms with Gasteiger partial charge in [0.05, 0.1) is 0 Å². The molecule has 4 aliphatic carbocycles. The van der Waals surface area contributed by atoms with Crippen molar-refractivity contribution in [2.75, 3.05) is 6.16 Å². The highest BCUT2D eigenvalue weighted by Gasteiger charge is 2.49. The van der Waals surface area contributed by atoms with Gasteiger partial charge in [-0.15, -0.1) is 0 Å². The Morgan fingerprint density at radius 1 is 0.586 bits per heavy atom. The van der Waals surface area contributed by atoms with E-state index in [1.54, 1.807) is 122 Å². The van der Waals surface area contributed by atoms with Crippen molar-refractivity contribution in [2.24, 2.45) is 23.7 Å². The molecule has 162 valence electrons. The molecule has 4 saturated carbocycles. The van der Waals surface area contributed by atoms with E-state index in [-0.39, 0.29) is 0 Å². The lowest BCUT2D eigenvalue weighted by molar-refractivity contribution is 0.440. The molecule has 0 N–H and O–H groups in total. The molecule has 2 aliphatic heterocycles. The molecule has 6 rings (SSSR count). The maximum atomic E-state index is 1.69. The van der Waals surface area contributed by atoms with Crippen molar-refractivity contribution in [2.45, 2.75) is 138 Å². The van der Waals surface area contributed by atoms with Crippen LogP contribution >= 0.6 is 7.92 Å². The van der Waals surface area contributed by atoms with Crippen LogP contribution < -0.4 is 0 Å². The Morgan fingerprint density at radius 2 is 1.17 bits per heavy atom. The number of hydrogen-bond acceptors (Lipinski definition) is 0. The van der Waals surface area contributed by atoms with Gasteiger partial charge in [0.1, 0.15) is 6.71 Å². The summed E-state index contributed by atoms with van der Waals surface area (Å²) in [4.78, 5) is 0. The van der Waals surface area contributed by atoms with E-state index in [0.717, 1.165) is 18.3 Å². The Bertz CT molecular complexity index is 513. The van der Waals surface area contributed by atoms with Gasteiger partial charge >= 0.3 is 0 Å². The molecule has 0 spiro atoms. The zero-order valence-electron chi connectivity index (χ0n) is 19.1. The summed E-state index contributed by atoms with van der Waals surface area (Å²) < 4.78 is 0. The van der Waals surface area contributed by atoms with Crippen LogP contribution in [0.3, 0.4) is 0 Å². The normalized spacial score (nSPS) is 46.6. The summed E-state index contributed by atoms with van der Waals surface area (Å²) in [5, 5.41) is 0. The monoisotopic (exact) mass is 412 g/mol. The highest BCUT2D eigenvalue weighted by Crippen LogP contribution is 2.67. The van der Waals surface area contributed by atoms with Gasteiger partial charge in [0.2, 0.25) is 0 Å². The molecule has 0 aromatic rings. The summed E-state index contributed by atoms with van der Waals surface area (Å²) >= 11 is 0. The first-order valence-electron chi connectivity index (χ1n) is 14.1. The predicted molar refractivity (Wildman–Crippen MR) is 130 cm³/mol. The van der Waals surface area contributed by atoms with Crippen LogP contribution in [0.5, 0.6) is 0 Å². The van der Waals surface area contributed by atoms with Crippen molar-refractivity contribution in [1.29, 1.82) is 0 Å². The van der Waals surface area contributed by atoms with Crippen LogP contribution in [-0.2, 0) is 0 Å². The zero-order valence-corrected chi connectivity index (χ0v) is 20.0. The molecule has 6 bridgehead atoms. The quantitative estimate of drug-likeness (QED) is 0.213. The van der Waals surface area contributed by atoms with Crippen molar-refractivity contribution in [3.05, 3.63) is 0 Å². The van der Waals surface area contributed by atoms with E-state index in [0.29, 0.717) is 7.92 Å². The van der Waals surface area contributed by atoms with Crippen molar-refractivity contribution < 1.29 is 0 Å². The zero-order chi connectivity index (χ0) is 19.2. The fraction of sp³-hybridized carbons (Fsp3) is 1.00. The van der Waals surface area contributed by atoms with E-state index >= 15 is 0 Å². The van der Waals surface area contributed by atoms with E-state index in [1.165, 1.54) is 35.0 Å². The van der Waals surface area contributed by atoms with Gasteiger partial charge in [0, 0.05) is 0 Å². The Morgan fingerprint density at radius 3 is 1.66 bits per heavy atom. The molecule has 0 amide bonds. The molecule has 0 aromatic heterocycles. The Balaban J connectivity index is 1.01. The summed E-state index contributed by atoms with van der Waals surface area (Å²) in [6.07, 6.45) is 30.6. The fourth-order valence-electron chi connectivity index (χ4n) is 9.95. The molecule has 6 fully saturated rings. The third kappa shape index (κ3) is 4.03. The van der Waals surface area contributed by atoms with E-state index in [2.05, 4.69) is 0 Å². The number of hydrogen-bond donors (Lipinski definition) is 0. The summed E-state index contributed by atoms with van der Waals surface area (Å²) in [5.41, 5.74) is 2.46. The first kappa shape index (κ1) is 20.1. The SMILES string of the molecule is C(CCB1C2CCCC1CCC2)CCP(C1CC2CCC1C2)[C@H]1CC2CCC1C2. The third-order valence-electron chi connectivity index (χ3n) is 11.2. The summed E-state index contributed by atoms with van der Waals surface area (Å²) in [5.74, 6) is 6.99. The van der Waals surface area contributed by atoms with Gasteiger partial charge in [-0.05, 0) is 86.1 Å². The second-order valence-electron chi connectivity index (χ2n) is 12.6. The van der Waals surface area contributed by atoms with Crippen LogP contribution in [0.2, 0.25) is 18.0 Å². The molecule has 2 heterocycles. The highest BCUT2D eigenvalue weighted by atomic mass is 31.1.